The smallest absolute Gasteiger partial charge is 0.222 e. The number of hydrogen-bond donors (Lipinski definition) is 2. The lowest BCUT2D eigenvalue weighted by molar-refractivity contribution is -0.133. The van der Waals surface area contributed by atoms with Crippen LogP contribution in [0, 0.1) is 11.8 Å². The predicted molar refractivity (Wildman–Crippen MR) is 82.5 cm³/mol. The van der Waals surface area contributed by atoms with E-state index in [1.165, 1.54) is 12.8 Å². The average Bonchev–Trinajstić information content (AvgIpc) is 2.48. The van der Waals surface area contributed by atoms with Gasteiger partial charge in [-0.15, -0.1) is 0 Å². The molecule has 0 spiro atoms. The van der Waals surface area contributed by atoms with E-state index < -0.39 is 0 Å². The maximum absolute atomic E-state index is 12.4. The first kappa shape index (κ1) is 16.3. The number of carbonyl (C=O) groups excluding carboxylic acids is 2. The molecule has 2 aliphatic rings. The quantitative estimate of drug-likeness (QED) is 0.820. The molecule has 1 saturated heterocycles. The second-order valence-electron chi connectivity index (χ2n) is 6.68. The first-order valence-corrected chi connectivity index (χ1v) is 8.33. The summed E-state index contributed by atoms with van der Waals surface area (Å²) in [7, 11) is 0. The molecule has 21 heavy (non-hydrogen) atoms. The van der Waals surface area contributed by atoms with Crippen molar-refractivity contribution in [1.82, 2.24) is 10.2 Å². The van der Waals surface area contributed by atoms with Crippen LogP contribution in [0.15, 0.2) is 0 Å². The van der Waals surface area contributed by atoms with Crippen molar-refractivity contribution in [1.29, 1.82) is 0 Å². The van der Waals surface area contributed by atoms with Crippen molar-refractivity contribution < 1.29 is 9.59 Å². The van der Waals surface area contributed by atoms with Crippen LogP contribution < -0.4 is 11.1 Å². The van der Waals surface area contributed by atoms with Gasteiger partial charge in [0, 0.05) is 32.5 Å². The number of rotatable bonds is 4. The van der Waals surface area contributed by atoms with Gasteiger partial charge in [-0.3, -0.25) is 9.59 Å². The summed E-state index contributed by atoms with van der Waals surface area (Å²) in [4.78, 5) is 25.4. The zero-order valence-electron chi connectivity index (χ0n) is 13.1. The number of hydrogen-bond acceptors (Lipinski definition) is 3. The first-order valence-electron chi connectivity index (χ1n) is 8.33. The molecule has 0 radical (unpaired) electrons. The number of nitrogens with two attached hydrogens (primary N) is 1. The predicted octanol–water partition coefficient (Wildman–Crippen LogP) is 1.27. The van der Waals surface area contributed by atoms with E-state index in [2.05, 4.69) is 5.32 Å². The van der Waals surface area contributed by atoms with Crippen LogP contribution in [0.2, 0.25) is 0 Å². The Morgan fingerprint density at radius 3 is 2.14 bits per heavy atom. The monoisotopic (exact) mass is 295 g/mol. The molecule has 0 atom stereocenters. The number of carbonyl (C=O) groups is 2. The number of piperidine rings is 1. The molecule has 2 rings (SSSR count). The van der Waals surface area contributed by atoms with Crippen molar-refractivity contribution in [3.05, 3.63) is 0 Å². The number of amides is 2. The second kappa shape index (κ2) is 7.78. The standard InChI is InChI=1S/C16H29N3O2/c1-12(20)18-15-6-8-19(9-7-15)16(21)10-13-2-4-14(11-17)5-3-13/h13-15H,2-11,17H2,1H3,(H,18,20). The molecule has 5 nitrogen and oxygen atoms in total. The lowest BCUT2D eigenvalue weighted by atomic mass is 9.80. The van der Waals surface area contributed by atoms with Crippen LogP contribution in [0.3, 0.4) is 0 Å². The van der Waals surface area contributed by atoms with Gasteiger partial charge in [0.25, 0.3) is 0 Å². The van der Waals surface area contributed by atoms with Gasteiger partial charge in [-0.25, -0.2) is 0 Å². The molecule has 2 amide bonds. The summed E-state index contributed by atoms with van der Waals surface area (Å²) in [6, 6.07) is 0.242. The molecule has 1 heterocycles. The molecule has 0 bridgehead atoms. The second-order valence-corrected chi connectivity index (χ2v) is 6.68. The van der Waals surface area contributed by atoms with Crippen molar-refractivity contribution in [3.8, 4) is 0 Å². The fourth-order valence-corrected chi connectivity index (χ4v) is 3.61. The zero-order chi connectivity index (χ0) is 15.2. The SMILES string of the molecule is CC(=O)NC1CCN(C(=O)CC2CCC(CN)CC2)CC1. The molecule has 3 N–H and O–H groups in total. The minimum absolute atomic E-state index is 0.0245. The van der Waals surface area contributed by atoms with E-state index in [1.54, 1.807) is 6.92 Å². The van der Waals surface area contributed by atoms with Gasteiger partial charge in [0.2, 0.25) is 11.8 Å². The van der Waals surface area contributed by atoms with Gasteiger partial charge in [0.15, 0.2) is 0 Å². The molecule has 0 aromatic rings. The van der Waals surface area contributed by atoms with Crippen molar-refractivity contribution in [2.45, 2.75) is 57.9 Å². The van der Waals surface area contributed by atoms with E-state index in [0.717, 1.165) is 45.3 Å². The zero-order valence-corrected chi connectivity index (χ0v) is 13.1. The van der Waals surface area contributed by atoms with Crippen molar-refractivity contribution >= 4 is 11.8 Å². The van der Waals surface area contributed by atoms with Crippen LogP contribution >= 0.6 is 0 Å². The van der Waals surface area contributed by atoms with Gasteiger partial charge < -0.3 is 16.0 Å². The summed E-state index contributed by atoms with van der Waals surface area (Å²) in [6.07, 6.45) is 7.11. The molecule has 5 heteroatoms. The van der Waals surface area contributed by atoms with Gasteiger partial charge >= 0.3 is 0 Å². The van der Waals surface area contributed by atoms with E-state index in [0.29, 0.717) is 24.2 Å². The maximum atomic E-state index is 12.4. The Balaban J connectivity index is 1.69. The molecule has 2 fully saturated rings. The maximum Gasteiger partial charge on any atom is 0.222 e. The highest BCUT2D eigenvalue weighted by Gasteiger charge is 2.27. The van der Waals surface area contributed by atoms with Gasteiger partial charge in [-0.2, -0.15) is 0 Å². The summed E-state index contributed by atoms with van der Waals surface area (Å²) < 4.78 is 0. The van der Waals surface area contributed by atoms with E-state index in [4.69, 9.17) is 5.73 Å². The van der Waals surface area contributed by atoms with Crippen LogP contribution in [0.4, 0.5) is 0 Å². The van der Waals surface area contributed by atoms with E-state index in [9.17, 15) is 9.59 Å². The fraction of sp³-hybridized carbons (Fsp3) is 0.875. The Labute approximate surface area is 127 Å². The summed E-state index contributed by atoms with van der Waals surface area (Å²) in [5.74, 6) is 1.54. The minimum atomic E-state index is 0.0245. The van der Waals surface area contributed by atoms with Gasteiger partial charge in [0.05, 0.1) is 0 Å². The largest absolute Gasteiger partial charge is 0.353 e. The highest BCUT2D eigenvalue weighted by Crippen LogP contribution is 2.30. The highest BCUT2D eigenvalue weighted by molar-refractivity contribution is 5.76. The number of nitrogens with zero attached hydrogens (tertiary/aromatic N) is 1. The number of nitrogens with one attached hydrogen (secondary N) is 1. The third kappa shape index (κ3) is 4.99. The third-order valence-corrected chi connectivity index (χ3v) is 5.02. The van der Waals surface area contributed by atoms with E-state index in [1.807, 2.05) is 4.90 Å². The molecule has 0 aromatic heterocycles. The molecule has 1 aliphatic heterocycles. The van der Waals surface area contributed by atoms with Gasteiger partial charge in [0.1, 0.15) is 0 Å². The Kier molecular flexibility index (Phi) is 6.03. The van der Waals surface area contributed by atoms with E-state index in [-0.39, 0.29) is 11.9 Å². The molecule has 0 unspecified atom stereocenters. The van der Waals surface area contributed by atoms with Gasteiger partial charge in [-0.1, -0.05) is 0 Å². The van der Waals surface area contributed by atoms with Crippen LogP contribution in [0.1, 0.15) is 51.9 Å². The lowest BCUT2D eigenvalue weighted by Gasteiger charge is -2.34. The summed E-state index contributed by atoms with van der Waals surface area (Å²) in [6.45, 7) is 3.90. The van der Waals surface area contributed by atoms with Crippen LogP contribution in [-0.2, 0) is 9.59 Å². The van der Waals surface area contributed by atoms with E-state index >= 15 is 0 Å². The fourth-order valence-electron chi connectivity index (χ4n) is 3.61. The molecular weight excluding hydrogens is 266 g/mol. The molecule has 1 saturated carbocycles. The summed E-state index contributed by atoms with van der Waals surface area (Å²) in [5, 5.41) is 2.95. The van der Waals surface area contributed by atoms with Crippen LogP contribution in [0.5, 0.6) is 0 Å². The highest BCUT2D eigenvalue weighted by atomic mass is 16.2. The number of likely N-dealkylation sites (tertiary alicyclic amines) is 1. The normalized spacial score (nSPS) is 27.4. The topological polar surface area (TPSA) is 75.4 Å². The molecular formula is C16H29N3O2. The average molecular weight is 295 g/mol. The van der Waals surface area contributed by atoms with Crippen LogP contribution in [-0.4, -0.2) is 42.4 Å². The van der Waals surface area contributed by atoms with Crippen LogP contribution in [0.25, 0.3) is 0 Å². The Bertz CT molecular complexity index is 357. The first-order chi connectivity index (χ1) is 10.1. The summed E-state index contributed by atoms with van der Waals surface area (Å²) >= 11 is 0. The minimum Gasteiger partial charge on any atom is -0.353 e. The van der Waals surface area contributed by atoms with Crippen molar-refractivity contribution in [3.63, 3.8) is 0 Å². The molecule has 1 aliphatic carbocycles. The third-order valence-electron chi connectivity index (χ3n) is 5.02. The molecule has 0 aromatic carbocycles. The Hall–Kier alpha value is -1.10. The summed E-state index contributed by atoms with van der Waals surface area (Å²) in [5.41, 5.74) is 5.71. The molecule has 120 valence electrons. The Morgan fingerprint density at radius 2 is 1.62 bits per heavy atom. The van der Waals surface area contributed by atoms with Crippen molar-refractivity contribution in [2.75, 3.05) is 19.6 Å². The lowest BCUT2D eigenvalue weighted by Crippen LogP contribution is -2.46. The Morgan fingerprint density at radius 1 is 1.05 bits per heavy atom. The van der Waals surface area contributed by atoms with Gasteiger partial charge in [-0.05, 0) is 56.9 Å². The van der Waals surface area contributed by atoms with Crippen molar-refractivity contribution in [2.24, 2.45) is 17.6 Å².